The summed E-state index contributed by atoms with van der Waals surface area (Å²) in [5, 5.41) is 5.79. The van der Waals surface area contributed by atoms with E-state index in [1.54, 1.807) is 0 Å². The quantitative estimate of drug-likeness (QED) is 0.188. The summed E-state index contributed by atoms with van der Waals surface area (Å²) in [6.07, 6.45) is 1.88. The summed E-state index contributed by atoms with van der Waals surface area (Å²) in [4.78, 5) is 9.92. The van der Waals surface area contributed by atoms with E-state index < -0.39 is 0 Å². The highest BCUT2D eigenvalue weighted by atomic mass is 16.5. The predicted molar refractivity (Wildman–Crippen MR) is 189 cm³/mol. The molecule has 3 aromatic heterocycles. The number of ether oxygens (including phenoxy) is 1. The van der Waals surface area contributed by atoms with Crippen molar-refractivity contribution in [1.82, 2.24) is 14.5 Å². The van der Waals surface area contributed by atoms with Gasteiger partial charge in [-0.15, -0.1) is 0 Å². The molecule has 0 unspecified atom stereocenters. The lowest BCUT2D eigenvalue weighted by molar-refractivity contribution is 0.483. The van der Waals surface area contributed by atoms with Crippen LogP contribution >= 0.6 is 0 Å². The zero-order valence-corrected chi connectivity index (χ0v) is 24.8. The van der Waals surface area contributed by atoms with Crippen LogP contribution in [-0.4, -0.2) is 14.5 Å². The van der Waals surface area contributed by atoms with E-state index in [0.29, 0.717) is 0 Å². The van der Waals surface area contributed by atoms with Crippen molar-refractivity contribution in [3.05, 3.63) is 164 Å². The van der Waals surface area contributed by atoms with Gasteiger partial charge in [0.25, 0.3) is 0 Å². The maximum atomic E-state index is 6.57. The summed E-state index contributed by atoms with van der Waals surface area (Å²) in [6, 6.07) is 54.4. The summed E-state index contributed by atoms with van der Waals surface area (Å²) < 4.78 is 8.79. The van der Waals surface area contributed by atoms with Crippen LogP contribution in [-0.2, 0) is 0 Å². The Morgan fingerprint density at radius 3 is 2.02 bits per heavy atom. The van der Waals surface area contributed by atoms with Gasteiger partial charge >= 0.3 is 0 Å². The molecule has 4 nitrogen and oxygen atoms in total. The van der Waals surface area contributed by atoms with E-state index in [-0.39, 0.29) is 0 Å². The Balaban J connectivity index is 1.15. The van der Waals surface area contributed by atoms with Gasteiger partial charge in [0.1, 0.15) is 17.3 Å². The van der Waals surface area contributed by atoms with Crippen molar-refractivity contribution in [2.45, 2.75) is 0 Å². The van der Waals surface area contributed by atoms with Crippen LogP contribution in [0.3, 0.4) is 0 Å². The summed E-state index contributed by atoms with van der Waals surface area (Å²) in [5.41, 5.74) is 7.35. The molecule has 0 N–H and O–H groups in total. The monoisotopic (exact) mass is 589 g/mol. The van der Waals surface area contributed by atoms with E-state index in [0.717, 1.165) is 72.4 Å². The molecule has 0 aliphatic rings. The van der Waals surface area contributed by atoms with Gasteiger partial charge in [-0.1, -0.05) is 103 Å². The van der Waals surface area contributed by atoms with E-state index in [4.69, 9.17) is 14.7 Å². The first kappa shape index (κ1) is 26.2. The van der Waals surface area contributed by atoms with Crippen molar-refractivity contribution in [3.8, 4) is 39.7 Å². The summed E-state index contributed by atoms with van der Waals surface area (Å²) in [7, 11) is 0. The van der Waals surface area contributed by atoms with Gasteiger partial charge in [0.15, 0.2) is 0 Å². The molecule has 0 saturated carbocycles. The van der Waals surface area contributed by atoms with E-state index in [2.05, 4.69) is 132 Å². The molecule has 0 fully saturated rings. The highest BCUT2D eigenvalue weighted by Crippen LogP contribution is 2.37. The predicted octanol–water partition coefficient (Wildman–Crippen LogP) is 11.0. The number of aromatic nitrogens is 3. The third-order valence-electron chi connectivity index (χ3n) is 8.68. The van der Waals surface area contributed by atoms with Crippen LogP contribution in [0.5, 0.6) is 11.5 Å². The second-order valence-corrected chi connectivity index (χ2v) is 11.5. The first-order valence-corrected chi connectivity index (χ1v) is 15.4. The molecule has 0 aliphatic heterocycles. The fourth-order valence-corrected chi connectivity index (χ4v) is 6.58. The van der Waals surface area contributed by atoms with Gasteiger partial charge in [-0.3, -0.25) is 4.57 Å². The Morgan fingerprint density at radius 2 is 1.13 bits per heavy atom. The van der Waals surface area contributed by atoms with Crippen molar-refractivity contribution in [1.29, 1.82) is 0 Å². The molecule has 0 spiro atoms. The summed E-state index contributed by atoms with van der Waals surface area (Å²) in [6.45, 7) is 0. The van der Waals surface area contributed by atoms with Gasteiger partial charge in [-0.25, -0.2) is 9.97 Å². The molecule has 0 atom stereocenters. The van der Waals surface area contributed by atoms with Crippen molar-refractivity contribution in [3.63, 3.8) is 0 Å². The van der Waals surface area contributed by atoms with Crippen molar-refractivity contribution < 1.29 is 4.74 Å². The van der Waals surface area contributed by atoms with E-state index in [1.165, 1.54) is 10.8 Å². The maximum absolute atomic E-state index is 6.57. The van der Waals surface area contributed by atoms with Crippen LogP contribution in [0, 0.1) is 0 Å². The lowest BCUT2D eigenvalue weighted by Crippen LogP contribution is -1.97. The van der Waals surface area contributed by atoms with Crippen molar-refractivity contribution in [2.75, 3.05) is 0 Å². The fraction of sp³-hybridized carbons (Fsp3) is 0. The van der Waals surface area contributed by atoms with Crippen LogP contribution in [0.2, 0.25) is 0 Å². The number of para-hydroxylation sites is 2. The summed E-state index contributed by atoms with van der Waals surface area (Å²) >= 11 is 0. The maximum Gasteiger partial charge on any atom is 0.138 e. The van der Waals surface area contributed by atoms with Crippen LogP contribution in [0.25, 0.3) is 71.7 Å². The fourth-order valence-electron chi connectivity index (χ4n) is 6.58. The van der Waals surface area contributed by atoms with Gasteiger partial charge in [0.05, 0.1) is 22.2 Å². The van der Waals surface area contributed by atoms with Gasteiger partial charge in [-0.2, -0.15) is 0 Å². The zero-order chi connectivity index (χ0) is 30.5. The Hall–Kier alpha value is -6.26. The topological polar surface area (TPSA) is 39.9 Å². The molecule has 3 heterocycles. The van der Waals surface area contributed by atoms with Crippen LogP contribution in [0.1, 0.15) is 0 Å². The molecule has 0 aliphatic carbocycles. The van der Waals surface area contributed by atoms with Crippen LogP contribution < -0.4 is 4.74 Å². The van der Waals surface area contributed by atoms with E-state index in [9.17, 15) is 0 Å². The average molecular weight is 590 g/mol. The highest BCUT2D eigenvalue weighted by Gasteiger charge is 2.16. The second kappa shape index (κ2) is 10.7. The lowest BCUT2D eigenvalue weighted by Gasteiger charge is -2.12. The third-order valence-corrected chi connectivity index (χ3v) is 8.68. The van der Waals surface area contributed by atoms with Crippen LogP contribution in [0.15, 0.2) is 164 Å². The van der Waals surface area contributed by atoms with Gasteiger partial charge in [-0.05, 0) is 65.0 Å². The molecular formula is C42H27N3O. The SMILES string of the molecule is c1ccc(-c2ccnc(-n3c4ccccc4c4ccc(Oc5cccc(-c6nc7ccccc7c7ccccc67)c5)cc43)c2)cc1. The van der Waals surface area contributed by atoms with Gasteiger partial charge in [0, 0.05) is 39.4 Å². The third kappa shape index (κ3) is 4.39. The Kier molecular flexibility index (Phi) is 6.10. The number of hydrogen-bond acceptors (Lipinski definition) is 3. The number of hydrogen-bond donors (Lipinski definition) is 0. The largest absolute Gasteiger partial charge is 0.457 e. The molecular weight excluding hydrogens is 562 g/mol. The minimum atomic E-state index is 0.753. The Labute approximate surface area is 265 Å². The molecule has 9 rings (SSSR count). The first-order valence-electron chi connectivity index (χ1n) is 15.4. The van der Waals surface area contributed by atoms with Crippen molar-refractivity contribution in [2.24, 2.45) is 0 Å². The summed E-state index contributed by atoms with van der Waals surface area (Å²) in [5.74, 6) is 2.37. The molecule has 4 heteroatoms. The smallest absolute Gasteiger partial charge is 0.138 e. The minimum absolute atomic E-state index is 0.753. The zero-order valence-electron chi connectivity index (χ0n) is 24.8. The number of pyridine rings is 2. The number of benzene rings is 6. The highest BCUT2D eigenvalue weighted by molar-refractivity contribution is 6.11. The molecule has 216 valence electrons. The lowest BCUT2D eigenvalue weighted by atomic mass is 10.00. The molecule has 0 amide bonds. The molecule has 6 aromatic carbocycles. The molecule has 46 heavy (non-hydrogen) atoms. The molecule has 9 aromatic rings. The Bertz CT molecular complexity index is 2570. The molecule has 0 radical (unpaired) electrons. The number of rotatable bonds is 5. The molecule has 0 saturated heterocycles. The van der Waals surface area contributed by atoms with E-state index in [1.807, 2.05) is 36.5 Å². The second-order valence-electron chi connectivity index (χ2n) is 11.5. The minimum Gasteiger partial charge on any atom is -0.457 e. The van der Waals surface area contributed by atoms with Crippen molar-refractivity contribution >= 4 is 43.5 Å². The number of nitrogens with zero attached hydrogens (tertiary/aromatic N) is 3. The molecule has 0 bridgehead atoms. The van der Waals surface area contributed by atoms with Crippen LogP contribution in [0.4, 0.5) is 0 Å². The Morgan fingerprint density at radius 1 is 0.435 bits per heavy atom. The number of fused-ring (bicyclic) bond motifs is 6. The standard InChI is InChI=1S/C42H27N3O/c1-2-11-28(12-3-1)29-23-24-43-41(26-29)45-39-20-9-7-17-35(39)36-22-21-32(27-40(36)45)46-31-14-10-13-30(25-31)42-37-18-5-4-15-33(37)34-16-6-8-19-38(34)44-42/h1-27H. The first-order chi connectivity index (χ1) is 22.8. The van der Waals surface area contributed by atoms with Gasteiger partial charge < -0.3 is 4.74 Å². The normalized spacial score (nSPS) is 11.5. The average Bonchev–Trinajstić information content (AvgIpc) is 3.45. The van der Waals surface area contributed by atoms with E-state index >= 15 is 0 Å². The van der Waals surface area contributed by atoms with Gasteiger partial charge in [0.2, 0.25) is 0 Å².